The Labute approximate surface area is 156 Å². The molecule has 12 heteroatoms. The van der Waals surface area contributed by atoms with Crippen LogP contribution >= 0.6 is 15.9 Å². The number of hydrogen-bond donors (Lipinski definition) is 0. The molecule has 1 aromatic heterocycles. The molecule has 142 valence electrons. The van der Waals surface area contributed by atoms with E-state index in [0.717, 1.165) is 6.07 Å². The maximum Gasteiger partial charge on any atom is 0.376 e. The van der Waals surface area contributed by atoms with Gasteiger partial charge < -0.3 is 8.71 Å². The predicted molar refractivity (Wildman–Crippen MR) is 83.7 cm³/mol. The van der Waals surface area contributed by atoms with Crippen molar-refractivity contribution >= 4 is 26.0 Å². The zero-order valence-corrected chi connectivity index (χ0v) is 15.0. The van der Waals surface area contributed by atoms with Gasteiger partial charge in [-0.1, -0.05) is 33.2 Å². The summed E-state index contributed by atoms with van der Waals surface area (Å²) in [6.45, 7) is 0. The first-order valence-corrected chi connectivity index (χ1v) is 9.00. The summed E-state index contributed by atoms with van der Waals surface area (Å²) in [6, 6.07) is 7.30. The molecule has 0 unspecified atom stereocenters. The minimum absolute atomic E-state index is 0.0240. The average Bonchev–Trinajstić information content (AvgIpc) is 3.13. The Morgan fingerprint density at radius 2 is 1.52 bits per heavy atom. The molecule has 0 saturated carbocycles. The molecule has 3 rings (SSSR count). The second kappa shape index (κ2) is 6.93. The van der Waals surface area contributed by atoms with Crippen molar-refractivity contribution in [1.29, 1.82) is 0 Å². The zero-order chi connectivity index (χ0) is 19.9. The van der Waals surface area contributed by atoms with Crippen molar-refractivity contribution in [3.63, 3.8) is 0 Å². The molecule has 27 heavy (non-hydrogen) atoms. The Morgan fingerprint density at radius 1 is 0.926 bits per heavy atom. The molecule has 0 aliphatic heterocycles. The van der Waals surface area contributed by atoms with Crippen LogP contribution in [0.2, 0.25) is 0 Å². The Kier molecular flexibility index (Phi) is 4.95. The van der Waals surface area contributed by atoms with E-state index in [1.807, 2.05) is 0 Å². The molecule has 0 aliphatic carbocycles. The van der Waals surface area contributed by atoms with Crippen molar-refractivity contribution in [2.45, 2.75) is 5.09 Å². The molecule has 5 nitrogen and oxygen atoms in total. The van der Waals surface area contributed by atoms with Gasteiger partial charge in [-0.3, -0.25) is 0 Å². The lowest BCUT2D eigenvalue weighted by Gasteiger charge is -2.08. The van der Waals surface area contributed by atoms with Gasteiger partial charge in [-0.2, -0.15) is 17.2 Å². The molecule has 2 aromatic carbocycles. The van der Waals surface area contributed by atoms with E-state index in [2.05, 4.69) is 29.8 Å². The maximum absolute atomic E-state index is 13.6. The van der Waals surface area contributed by atoms with Crippen molar-refractivity contribution in [1.82, 2.24) is 5.16 Å². The van der Waals surface area contributed by atoms with Crippen LogP contribution in [0.25, 0.3) is 11.3 Å². The summed E-state index contributed by atoms with van der Waals surface area (Å²) in [5.74, 6) is -14.0. The molecule has 0 radical (unpaired) electrons. The van der Waals surface area contributed by atoms with Crippen molar-refractivity contribution < 1.29 is 39.1 Å². The fraction of sp³-hybridized carbons (Fsp3) is 0. The summed E-state index contributed by atoms with van der Waals surface area (Å²) in [6.07, 6.45) is 0. The van der Waals surface area contributed by atoms with Crippen LogP contribution in [0.4, 0.5) is 22.0 Å². The fourth-order valence-corrected chi connectivity index (χ4v) is 3.20. The quantitative estimate of drug-likeness (QED) is 0.242. The first-order chi connectivity index (χ1) is 12.6. The average molecular weight is 470 g/mol. The Balaban J connectivity index is 2.00. The van der Waals surface area contributed by atoms with Gasteiger partial charge in [0.15, 0.2) is 0 Å². The number of halogens is 6. The van der Waals surface area contributed by atoms with Crippen LogP contribution in [0.5, 0.6) is 5.75 Å². The van der Waals surface area contributed by atoms with Crippen LogP contribution in [0, 0.1) is 29.1 Å². The van der Waals surface area contributed by atoms with E-state index in [4.69, 9.17) is 0 Å². The lowest BCUT2D eigenvalue weighted by atomic mass is 10.2. The van der Waals surface area contributed by atoms with E-state index in [1.165, 1.54) is 0 Å². The first-order valence-electron chi connectivity index (χ1n) is 6.80. The van der Waals surface area contributed by atoms with E-state index in [1.54, 1.807) is 24.3 Å². The van der Waals surface area contributed by atoms with E-state index in [9.17, 15) is 30.4 Å². The third kappa shape index (κ3) is 3.54. The summed E-state index contributed by atoms with van der Waals surface area (Å²) >= 11 is 3.20. The molecule has 3 aromatic rings. The Morgan fingerprint density at radius 3 is 2.11 bits per heavy atom. The summed E-state index contributed by atoms with van der Waals surface area (Å²) < 4.78 is 100. The molecule has 0 amide bonds. The van der Waals surface area contributed by atoms with Crippen LogP contribution in [-0.2, 0) is 10.1 Å². The van der Waals surface area contributed by atoms with Crippen LogP contribution in [-0.4, -0.2) is 13.6 Å². The van der Waals surface area contributed by atoms with Crippen molar-refractivity contribution in [3.05, 3.63) is 63.9 Å². The Bertz CT molecular complexity index is 1120. The van der Waals surface area contributed by atoms with Crippen molar-refractivity contribution in [3.8, 4) is 17.0 Å². The molecule has 0 aliphatic rings. The van der Waals surface area contributed by atoms with Crippen LogP contribution in [0.1, 0.15) is 0 Å². The second-order valence-electron chi connectivity index (χ2n) is 4.98. The maximum atomic E-state index is 13.6. The number of aromatic nitrogens is 1. The molecule has 0 fully saturated rings. The Hall–Kier alpha value is -2.47. The predicted octanol–water partition coefficient (Wildman–Crippen LogP) is 4.57. The summed E-state index contributed by atoms with van der Waals surface area (Å²) in [5.41, 5.74) is 0.446. The lowest BCUT2D eigenvalue weighted by Crippen LogP contribution is -2.14. The highest BCUT2D eigenvalue weighted by atomic mass is 79.9. The zero-order valence-electron chi connectivity index (χ0n) is 12.6. The lowest BCUT2D eigenvalue weighted by molar-refractivity contribution is 0.315. The van der Waals surface area contributed by atoms with Gasteiger partial charge in [0, 0.05) is 16.1 Å². The second-order valence-corrected chi connectivity index (χ2v) is 7.37. The van der Waals surface area contributed by atoms with Crippen LogP contribution in [0.3, 0.4) is 0 Å². The van der Waals surface area contributed by atoms with Gasteiger partial charge in [0.05, 0.1) is 0 Å². The monoisotopic (exact) mass is 469 g/mol. The minimum Gasteiger partial charge on any atom is -0.370 e. The molecule has 0 atom stereocenters. The fourth-order valence-electron chi connectivity index (χ4n) is 1.97. The SMILES string of the molecule is O=S(=O)(Oc1c(F)c(F)c(F)c(F)c1F)c1cc(-c2cccc(Br)c2)no1. The van der Waals surface area contributed by atoms with E-state index in [-0.39, 0.29) is 5.69 Å². The highest BCUT2D eigenvalue weighted by Gasteiger charge is 2.32. The van der Waals surface area contributed by atoms with E-state index >= 15 is 0 Å². The standard InChI is InChI=1S/C15H5BrF5NO4S/c16-7-3-1-2-6(4-7)8-5-9(25-22-8)27(23,24)26-15-13(20)11(18)10(17)12(19)14(15)21/h1-5H. The molecular formula is C15H5BrF5NO4S. The molecule has 1 heterocycles. The summed E-state index contributed by atoms with van der Waals surface area (Å²) in [5, 5.41) is 2.48. The molecule has 0 N–H and O–H groups in total. The van der Waals surface area contributed by atoms with Gasteiger partial charge in [0.1, 0.15) is 5.69 Å². The van der Waals surface area contributed by atoms with E-state index in [0.29, 0.717) is 10.0 Å². The van der Waals surface area contributed by atoms with Crippen LogP contribution in [0.15, 0.2) is 44.4 Å². The third-order valence-electron chi connectivity index (χ3n) is 3.22. The van der Waals surface area contributed by atoms with Gasteiger partial charge in [0.25, 0.3) is 5.09 Å². The largest absolute Gasteiger partial charge is 0.376 e. The molecule has 0 spiro atoms. The van der Waals surface area contributed by atoms with Crippen molar-refractivity contribution in [2.75, 3.05) is 0 Å². The van der Waals surface area contributed by atoms with Gasteiger partial charge in [0.2, 0.25) is 34.8 Å². The third-order valence-corrected chi connectivity index (χ3v) is 4.78. The normalized spacial score (nSPS) is 11.6. The highest BCUT2D eigenvalue weighted by Crippen LogP contribution is 2.32. The van der Waals surface area contributed by atoms with E-state index < -0.39 is 50.0 Å². The highest BCUT2D eigenvalue weighted by molar-refractivity contribution is 9.10. The van der Waals surface area contributed by atoms with Gasteiger partial charge in [-0.25, -0.2) is 13.2 Å². The van der Waals surface area contributed by atoms with Gasteiger partial charge >= 0.3 is 10.1 Å². The number of rotatable bonds is 4. The minimum atomic E-state index is -5.08. The van der Waals surface area contributed by atoms with Gasteiger partial charge in [-0.15, -0.1) is 0 Å². The van der Waals surface area contributed by atoms with Gasteiger partial charge in [-0.05, 0) is 12.1 Å². The summed E-state index contributed by atoms with van der Waals surface area (Å²) in [7, 11) is -5.08. The van der Waals surface area contributed by atoms with Crippen LogP contribution < -0.4 is 4.18 Å². The topological polar surface area (TPSA) is 69.4 Å². The summed E-state index contributed by atoms with van der Waals surface area (Å²) in [4.78, 5) is 0. The van der Waals surface area contributed by atoms with Crippen molar-refractivity contribution in [2.24, 2.45) is 0 Å². The smallest absolute Gasteiger partial charge is 0.370 e. The molecular weight excluding hydrogens is 465 g/mol. The first kappa shape index (κ1) is 19.3. The number of nitrogens with zero attached hydrogens (tertiary/aromatic N) is 1. The number of benzene rings is 2. The number of hydrogen-bond acceptors (Lipinski definition) is 5. The molecule has 0 bridgehead atoms. The molecule has 0 saturated heterocycles.